The number of rotatable bonds is 3. The van der Waals surface area contributed by atoms with E-state index in [1.165, 1.54) is 11.1 Å². The quantitative estimate of drug-likeness (QED) is 0.686. The average molecular weight is 333 g/mol. The van der Waals surface area contributed by atoms with Crippen molar-refractivity contribution in [3.63, 3.8) is 0 Å². The molecule has 1 unspecified atom stereocenters. The van der Waals surface area contributed by atoms with Gasteiger partial charge >= 0.3 is 0 Å². The predicted molar refractivity (Wildman–Crippen MR) is 101 cm³/mol. The highest BCUT2D eigenvalue weighted by Gasteiger charge is 2.26. The van der Waals surface area contributed by atoms with Crippen molar-refractivity contribution in [1.82, 2.24) is 5.43 Å². The fourth-order valence-corrected chi connectivity index (χ4v) is 3.09. The van der Waals surface area contributed by atoms with E-state index < -0.39 is 0 Å². The molecule has 0 amide bonds. The van der Waals surface area contributed by atoms with Gasteiger partial charge in [-0.3, -0.25) is 10.4 Å². The number of anilines is 1. The maximum Gasteiger partial charge on any atom is 0.0958 e. The summed E-state index contributed by atoms with van der Waals surface area (Å²) in [6, 6.07) is 28.9. The third-order valence-corrected chi connectivity index (χ3v) is 4.43. The van der Waals surface area contributed by atoms with E-state index in [2.05, 4.69) is 77.2 Å². The van der Waals surface area contributed by atoms with Gasteiger partial charge in [0.05, 0.1) is 17.4 Å². The molecule has 1 heterocycles. The lowest BCUT2D eigenvalue weighted by Gasteiger charge is -2.27. The van der Waals surface area contributed by atoms with Crippen molar-refractivity contribution in [2.45, 2.75) is 6.04 Å². The van der Waals surface area contributed by atoms with Crippen molar-refractivity contribution in [2.24, 2.45) is 0 Å². The molecule has 4 rings (SSSR count). The molecule has 1 N–H and O–H groups in total. The lowest BCUT2D eigenvalue weighted by atomic mass is 10.0. The van der Waals surface area contributed by atoms with Crippen LogP contribution in [0.4, 0.5) is 5.69 Å². The predicted octanol–water partition coefficient (Wildman–Crippen LogP) is 5.45. The maximum atomic E-state index is 6.05. The molecular weight excluding hydrogens is 316 g/mol. The van der Waals surface area contributed by atoms with Crippen molar-refractivity contribution < 1.29 is 0 Å². The number of hydrazine groups is 1. The zero-order valence-corrected chi connectivity index (χ0v) is 13.8. The van der Waals surface area contributed by atoms with Crippen LogP contribution in [0.5, 0.6) is 0 Å². The Balaban J connectivity index is 1.75. The van der Waals surface area contributed by atoms with E-state index in [1.54, 1.807) is 0 Å². The summed E-state index contributed by atoms with van der Waals surface area (Å²) in [6.45, 7) is 0. The first-order valence-corrected chi connectivity index (χ1v) is 8.33. The second-order valence-electron chi connectivity index (χ2n) is 5.76. The maximum absolute atomic E-state index is 6.05. The summed E-state index contributed by atoms with van der Waals surface area (Å²) in [6.07, 6.45) is 2.26. The van der Waals surface area contributed by atoms with Gasteiger partial charge in [0.15, 0.2) is 0 Å². The van der Waals surface area contributed by atoms with Crippen molar-refractivity contribution in [3.8, 4) is 0 Å². The molecule has 0 saturated carbocycles. The summed E-state index contributed by atoms with van der Waals surface area (Å²) in [5, 5.41) is 2.94. The topological polar surface area (TPSA) is 15.3 Å². The standard InChI is InChI=1S/C21H17ClN2/c22-18-13-11-17(12-14-18)21-15-20(16-7-3-1-4-8-16)23-24(21)19-9-5-2-6-10-19/h1-15,21,23H. The fourth-order valence-electron chi connectivity index (χ4n) is 2.97. The third-order valence-electron chi connectivity index (χ3n) is 4.17. The van der Waals surface area contributed by atoms with Crippen LogP contribution in [0.1, 0.15) is 17.2 Å². The van der Waals surface area contributed by atoms with Gasteiger partial charge in [-0.2, -0.15) is 0 Å². The average Bonchev–Trinajstić information content (AvgIpc) is 3.09. The highest BCUT2D eigenvalue weighted by atomic mass is 35.5. The third kappa shape index (κ3) is 2.89. The normalized spacial score (nSPS) is 16.6. The van der Waals surface area contributed by atoms with Crippen molar-refractivity contribution >= 4 is 23.0 Å². The monoisotopic (exact) mass is 332 g/mol. The summed E-state index contributed by atoms with van der Waals surface area (Å²) in [4.78, 5) is 0. The number of hydrogen-bond acceptors (Lipinski definition) is 2. The minimum Gasteiger partial charge on any atom is -0.297 e. The number of hydrogen-bond donors (Lipinski definition) is 1. The van der Waals surface area contributed by atoms with Crippen LogP contribution in [0, 0.1) is 0 Å². The molecule has 0 aliphatic carbocycles. The van der Waals surface area contributed by atoms with Crippen LogP contribution in [-0.2, 0) is 0 Å². The number of nitrogens with one attached hydrogen (secondary N) is 1. The molecule has 3 heteroatoms. The van der Waals surface area contributed by atoms with Crippen LogP contribution in [0.2, 0.25) is 5.02 Å². The van der Waals surface area contributed by atoms with E-state index in [9.17, 15) is 0 Å². The lowest BCUT2D eigenvalue weighted by molar-refractivity contribution is 0.724. The summed E-state index contributed by atoms with van der Waals surface area (Å²) < 4.78 is 0. The molecule has 2 nitrogen and oxygen atoms in total. The van der Waals surface area contributed by atoms with Gasteiger partial charge in [0.1, 0.15) is 0 Å². The van der Waals surface area contributed by atoms with E-state index in [1.807, 2.05) is 24.3 Å². The van der Waals surface area contributed by atoms with Crippen LogP contribution in [0.25, 0.3) is 5.70 Å². The summed E-state index contributed by atoms with van der Waals surface area (Å²) in [5.41, 5.74) is 8.16. The molecule has 24 heavy (non-hydrogen) atoms. The van der Waals surface area contributed by atoms with Gasteiger partial charge in [-0.15, -0.1) is 0 Å². The first-order chi connectivity index (χ1) is 11.8. The molecule has 0 radical (unpaired) electrons. The second kappa shape index (κ2) is 6.42. The van der Waals surface area contributed by atoms with E-state index in [0.29, 0.717) is 0 Å². The van der Waals surface area contributed by atoms with Crippen LogP contribution < -0.4 is 10.4 Å². The molecule has 0 fully saturated rings. The van der Waals surface area contributed by atoms with E-state index in [4.69, 9.17) is 11.6 Å². The van der Waals surface area contributed by atoms with Gasteiger partial charge in [0.25, 0.3) is 0 Å². The van der Waals surface area contributed by atoms with E-state index in [-0.39, 0.29) is 6.04 Å². The molecule has 1 aliphatic rings. The van der Waals surface area contributed by atoms with E-state index in [0.717, 1.165) is 16.4 Å². The minimum atomic E-state index is 0.111. The number of benzene rings is 3. The Kier molecular flexibility index (Phi) is 3.97. The van der Waals surface area contributed by atoms with Gasteiger partial charge in [0.2, 0.25) is 0 Å². The molecule has 1 aliphatic heterocycles. The Bertz CT molecular complexity index is 842. The van der Waals surface area contributed by atoms with Gasteiger partial charge in [-0.1, -0.05) is 72.3 Å². The zero-order chi connectivity index (χ0) is 16.4. The van der Waals surface area contributed by atoms with E-state index >= 15 is 0 Å². The summed E-state index contributed by atoms with van der Waals surface area (Å²) in [5.74, 6) is 0. The van der Waals surface area contributed by atoms with Crippen molar-refractivity contribution in [2.75, 3.05) is 5.01 Å². The largest absolute Gasteiger partial charge is 0.297 e. The molecular formula is C21H17ClN2. The van der Waals surface area contributed by atoms with Crippen LogP contribution in [-0.4, -0.2) is 0 Å². The lowest BCUT2D eigenvalue weighted by Crippen LogP contribution is -2.33. The first-order valence-electron chi connectivity index (χ1n) is 7.95. The highest BCUT2D eigenvalue weighted by molar-refractivity contribution is 6.30. The number of para-hydroxylation sites is 1. The Morgan fingerprint density at radius 1 is 0.750 bits per heavy atom. The smallest absolute Gasteiger partial charge is 0.0958 e. The van der Waals surface area contributed by atoms with Crippen LogP contribution >= 0.6 is 11.6 Å². The summed E-state index contributed by atoms with van der Waals surface area (Å²) in [7, 11) is 0. The molecule has 0 aromatic heterocycles. The zero-order valence-electron chi connectivity index (χ0n) is 13.1. The highest BCUT2D eigenvalue weighted by Crippen LogP contribution is 2.35. The van der Waals surface area contributed by atoms with Crippen LogP contribution in [0.3, 0.4) is 0 Å². The minimum absolute atomic E-state index is 0.111. The first kappa shape index (κ1) is 14.9. The fraction of sp³-hybridized carbons (Fsp3) is 0.0476. The number of halogens is 1. The SMILES string of the molecule is Clc1ccc(C2C=C(c3ccccc3)NN2c2ccccc2)cc1. The Morgan fingerprint density at radius 2 is 1.38 bits per heavy atom. The molecule has 0 saturated heterocycles. The van der Waals surface area contributed by atoms with Gasteiger partial charge in [0, 0.05) is 5.02 Å². The second-order valence-corrected chi connectivity index (χ2v) is 6.20. The van der Waals surface area contributed by atoms with Crippen molar-refractivity contribution in [1.29, 1.82) is 0 Å². The molecule has 3 aromatic rings. The Hall–Kier alpha value is -2.71. The molecule has 1 atom stereocenters. The number of nitrogens with zero attached hydrogens (tertiary/aromatic N) is 1. The van der Waals surface area contributed by atoms with Gasteiger partial charge in [-0.05, 0) is 41.5 Å². The Morgan fingerprint density at radius 3 is 2.04 bits per heavy atom. The van der Waals surface area contributed by atoms with Crippen LogP contribution in [0.15, 0.2) is 91.0 Å². The molecule has 3 aromatic carbocycles. The Labute approximate surface area is 147 Å². The molecule has 0 spiro atoms. The molecule has 0 bridgehead atoms. The van der Waals surface area contributed by atoms with Gasteiger partial charge in [-0.25, -0.2) is 0 Å². The van der Waals surface area contributed by atoms with Crippen molar-refractivity contribution in [3.05, 3.63) is 107 Å². The van der Waals surface area contributed by atoms with Gasteiger partial charge < -0.3 is 0 Å². The molecule has 118 valence electrons. The summed E-state index contributed by atoms with van der Waals surface area (Å²) >= 11 is 6.05.